The summed E-state index contributed by atoms with van der Waals surface area (Å²) in [7, 11) is 0. The highest BCUT2D eigenvalue weighted by atomic mass is 32.1. The van der Waals surface area contributed by atoms with Gasteiger partial charge in [-0.25, -0.2) is 4.98 Å². The van der Waals surface area contributed by atoms with Gasteiger partial charge in [-0.05, 0) is 31.5 Å². The second-order valence-electron chi connectivity index (χ2n) is 4.44. The van der Waals surface area contributed by atoms with Gasteiger partial charge in [-0.1, -0.05) is 12.1 Å². The summed E-state index contributed by atoms with van der Waals surface area (Å²) >= 11 is 4.21. The molecule has 1 heterocycles. The van der Waals surface area contributed by atoms with Crippen molar-refractivity contribution in [2.75, 3.05) is 0 Å². The average Bonchev–Trinajstić information content (AvgIpc) is 2.79. The van der Waals surface area contributed by atoms with Crippen LogP contribution in [0.15, 0.2) is 39.8 Å². The van der Waals surface area contributed by atoms with Crippen molar-refractivity contribution >= 4 is 18.5 Å². The number of nitrogens with zero attached hydrogens (tertiary/aromatic N) is 1. The van der Waals surface area contributed by atoms with E-state index < -0.39 is 0 Å². The number of thiol groups is 1. The predicted molar refractivity (Wildman–Crippen MR) is 75.2 cm³/mol. The Balaban J connectivity index is 1.92. The first-order valence-electron chi connectivity index (χ1n) is 6.04. The number of benzene rings is 1. The molecule has 0 spiro atoms. The van der Waals surface area contributed by atoms with E-state index in [0.29, 0.717) is 12.3 Å². The molecule has 100 valence electrons. The van der Waals surface area contributed by atoms with Gasteiger partial charge in [-0.2, -0.15) is 0 Å². The number of carbonyl (C=O) groups excluding carboxylic acids is 1. The number of carbonyl (C=O) groups is 1. The average molecular weight is 276 g/mol. The van der Waals surface area contributed by atoms with Gasteiger partial charge in [0.25, 0.3) is 0 Å². The molecule has 1 atom stereocenters. The van der Waals surface area contributed by atoms with Crippen LogP contribution in [0.25, 0.3) is 0 Å². The maximum Gasteiger partial charge on any atom is 0.225 e. The van der Waals surface area contributed by atoms with Crippen LogP contribution in [0.2, 0.25) is 0 Å². The Morgan fingerprint density at radius 3 is 2.68 bits per heavy atom. The highest BCUT2D eigenvalue weighted by Gasteiger charge is 2.14. The largest absolute Gasteiger partial charge is 0.444 e. The van der Waals surface area contributed by atoms with Gasteiger partial charge < -0.3 is 9.73 Å². The van der Waals surface area contributed by atoms with Crippen LogP contribution in [0.1, 0.15) is 30.2 Å². The molecular weight excluding hydrogens is 260 g/mol. The van der Waals surface area contributed by atoms with E-state index in [1.54, 1.807) is 6.20 Å². The number of aryl methyl sites for hydroxylation is 1. The summed E-state index contributed by atoms with van der Waals surface area (Å²) in [6.45, 7) is 3.67. The van der Waals surface area contributed by atoms with Crippen molar-refractivity contribution in [1.29, 1.82) is 0 Å². The van der Waals surface area contributed by atoms with Crippen molar-refractivity contribution in [2.24, 2.45) is 0 Å². The maximum atomic E-state index is 11.9. The summed E-state index contributed by atoms with van der Waals surface area (Å²) in [5, 5.41) is 2.86. The minimum atomic E-state index is -0.231. The molecule has 1 aromatic carbocycles. The summed E-state index contributed by atoms with van der Waals surface area (Å²) in [5.74, 6) is 1.20. The quantitative estimate of drug-likeness (QED) is 0.844. The third-order valence-corrected chi connectivity index (χ3v) is 2.99. The number of hydrogen-bond donors (Lipinski definition) is 2. The Hall–Kier alpha value is -1.75. The zero-order valence-corrected chi connectivity index (χ0v) is 11.8. The molecule has 0 saturated heterocycles. The van der Waals surface area contributed by atoms with Crippen molar-refractivity contribution in [2.45, 2.75) is 31.2 Å². The van der Waals surface area contributed by atoms with E-state index in [4.69, 9.17) is 4.42 Å². The first kappa shape index (κ1) is 13.7. The maximum absolute atomic E-state index is 11.9. The van der Waals surface area contributed by atoms with Crippen molar-refractivity contribution in [3.05, 3.63) is 47.7 Å². The molecule has 0 aliphatic rings. The minimum Gasteiger partial charge on any atom is -0.444 e. The lowest BCUT2D eigenvalue weighted by atomic mass is 10.1. The smallest absolute Gasteiger partial charge is 0.225 e. The molecule has 1 N–H and O–H groups in total. The van der Waals surface area contributed by atoms with Crippen LogP contribution in [-0.2, 0) is 11.2 Å². The molecule has 1 unspecified atom stereocenters. The van der Waals surface area contributed by atoms with Crippen LogP contribution in [-0.4, -0.2) is 10.9 Å². The van der Waals surface area contributed by atoms with E-state index >= 15 is 0 Å². The highest BCUT2D eigenvalue weighted by Crippen LogP contribution is 2.13. The first-order chi connectivity index (χ1) is 9.04. The predicted octanol–water partition coefficient (Wildman–Crippen LogP) is 2.69. The zero-order chi connectivity index (χ0) is 13.8. The topological polar surface area (TPSA) is 55.1 Å². The van der Waals surface area contributed by atoms with E-state index in [9.17, 15) is 4.79 Å². The van der Waals surface area contributed by atoms with E-state index in [0.717, 1.165) is 16.2 Å². The van der Waals surface area contributed by atoms with E-state index in [1.807, 2.05) is 38.1 Å². The standard InChI is InChI=1S/C14H16N2O2S/c1-9-8-15-14(18-9)10(2)16-13(17)7-11-3-5-12(19)6-4-11/h3-6,8,10,19H,7H2,1-2H3,(H,16,17). The van der Waals surface area contributed by atoms with Gasteiger partial charge in [-0.15, -0.1) is 12.6 Å². The van der Waals surface area contributed by atoms with Gasteiger partial charge in [0.1, 0.15) is 11.8 Å². The molecule has 2 aromatic rings. The van der Waals surface area contributed by atoms with Crippen molar-refractivity contribution in [1.82, 2.24) is 10.3 Å². The third-order valence-electron chi connectivity index (χ3n) is 2.69. The van der Waals surface area contributed by atoms with Gasteiger partial charge in [0.2, 0.25) is 11.8 Å². The van der Waals surface area contributed by atoms with Crippen LogP contribution in [0.4, 0.5) is 0 Å². The number of amides is 1. The highest BCUT2D eigenvalue weighted by molar-refractivity contribution is 7.80. The lowest BCUT2D eigenvalue weighted by Crippen LogP contribution is -2.28. The molecule has 0 fully saturated rings. The summed E-state index contributed by atoms with van der Waals surface area (Å²) in [6, 6.07) is 7.29. The lowest BCUT2D eigenvalue weighted by molar-refractivity contribution is -0.121. The second-order valence-corrected chi connectivity index (χ2v) is 4.96. The van der Waals surface area contributed by atoms with Crippen molar-refractivity contribution in [3.63, 3.8) is 0 Å². The Bertz CT molecular complexity index is 563. The molecule has 19 heavy (non-hydrogen) atoms. The van der Waals surface area contributed by atoms with Gasteiger partial charge in [0, 0.05) is 4.90 Å². The number of oxazole rings is 1. The Labute approximate surface area is 117 Å². The second kappa shape index (κ2) is 5.93. The number of nitrogens with one attached hydrogen (secondary N) is 1. The van der Waals surface area contributed by atoms with E-state index in [2.05, 4.69) is 22.9 Å². The van der Waals surface area contributed by atoms with Gasteiger partial charge >= 0.3 is 0 Å². The van der Waals surface area contributed by atoms with Crippen molar-refractivity contribution < 1.29 is 9.21 Å². The van der Waals surface area contributed by atoms with Gasteiger partial charge in [0.15, 0.2) is 0 Å². The molecule has 4 nitrogen and oxygen atoms in total. The fourth-order valence-electron chi connectivity index (χ4n) is 1.73. The fraction of sp³-hybridized carbons (Fsp3) is 0.286. The van der Waals surface area contributed by atoms with Crippen molar-refractivity contribution in [3.8, 4) is 0 Å². The monoisotopic (exact) mass is 276 g/mol. The van der Waals surface area contributed by atoms with Crippen LogP contribution >= 0.6 is 12.6 Å². The molecule has 2 rings (SSSR count). The SMILES string of the molecule is Cc1cnc(C(C)NC(=O)Cc2ccc(S)cc2)o1. The molecule has 5 heteroatoms. The van der Waals surface area contributed by atoms with Crippen LogP contribution in [0.5, 0.6) is 0 Å². The van der Waals surface area contributed by atoms with E-state index in [1.165, 1.54) is 0 Å². The van der Waals surface area contributed by atoms with E-state index in [-0.39, 0.29) is 11.9 Å². The summed E-state index contributed by atoms with van der Waals surface area (Å²) < 4.78 is 5.38. The molecule has 1 amide bonds. The summed E-state index contributed by atoms with van der Waals surface area (Å²) in [6.07, 6.45) is 1.97. The molecular formula is C14H16N2O2S. The van der Waals surface area contributed by atoms with Crippen LogP contribution < -0.4 is 5.32 Å². The molecule has 1 aromatic heterocycles. The molecule has 0 bridgehead atoms. The lowest BCUT2D eigenvalue weighted by Gasteiger charge is -2.10. The van der Waals surface area contributed by atoms with Gasteiger partial charge in [0.05, 0.1) is 12.6 Å². The molecule has 0 aliphatic heterocycles. The Kier molecular flexibility index (Phi) is 4.27. The minimum absolute atomic E-state index is 0.0599. The fourth-order valence-corrected chi connectivity index (χ4v) is 1.87. The van der Waals surface area contributed by atoms with Crippen LogP contribution in [0.3, 0.4) is 0 Å². The number of hydrogen-bond acceptors (Lipinski definition) is 4. The van der Waals surface area contributed by atoms with Gasteiger partial charge in [-0.3, -0.25) is 4.79 Å². The normalized spacial score (nSPS) is 12.2. The molecule has 0 aliphatic carbocycles. The number of aromatic nitrogens is 1. The molecule has 0 saturated carbocycles. The first-order valence-corrected chi connectivity index (χ1v) is 6.49. The number of rotatable bonds is 4. The Morgan fingerprint density at radius 1 is 1.42 bits per heavy atom. The zero-order valence-electron chi connectivity index (χ0n) is 10.9. The third kappa shape index (κ3) is 3.86. The summed E-state index contributed by atoms with van der Waals surface area (Å²) in [5.41, 5.74) is 0.950. The Morgan fingerprint density at radius 2 is 2.11 bits per heavy atom. The van der Waals surface area contributed by atoms with Crippen LogP contribution in [0, 0.1) is 6.92 Å². The molecule has 0 radical (unpaired) electrons. The summed E-state index contributed by atoms with van der Waals surface area (Å²) in [4.78, 5) is 16.9.